The molecule has 0 aromatic carbocycles. The zero-order chi connectivity index (χ0) is 11.5. The third-order valence-electron chi connectivity index (χ3n) is 2.59. The maximum absolute atomic E-state index is 11.6. The summed E-state index contributed by atoms with van der Waals surface area (Å²) in [5, 5.41) is 0. The Hall–Kier alpha value is -1.58. The number of carbonyl (C=O) groups is 1. The molecule has 0 aliphatic carbocycles. The molecule has 1 saturated heterocycles. The summed E-state index contributed by atoms with van der Waals surface area (Å²) >= 11 is 0. The van der Waals surface area contributed by atoms with Gasteiger partial charge in [-0.2, -0.15) is 0 Å². The Morgan fingerprint density at radius 3 is 2.88 bits per heavy atom. The van der Waals surface area contributed by atoms with Crippen LogP contribution in [-0.2, 0) is 4.79 Å². The van der Waals surface area contributed by atoms with Crippen molar-refractivity contribution in [3.8, 4) is 5.75 Å². The molecule has 0 atom stereocenters. The lowest BCUT2D eigenvalue weighted by atomic mass is 10.1. The van der Waals surface area contributed by atoms with Crippen LogP contribution < -0.4 is 4.74 Å². The lowest BCUT2D eigenvalue weighted by Gasteiger charge is -2.39. The van der Waals surface area contributed by atoms with E-state index in [0.29, 0.717) is 13.1 Å². The molecule has 1 amide bonds. The van der Waals surface area contributed by atoms with Crippen molar-refractivity contribution in [3.05, 3.63) is 24.5 Å². The third kappa shape index (κ3) is 2.32. The molecule has 86 valence electrons. The van der Waals surface area contributed by atoms with Crippen LogP contribution in [0.25, 0.3) is 0 Å². The number of rotatable bonds is 3. The molecule has 0 N–H and O–H groups in total. The molecule has 1 aliphatic heterocycles. The predicted molar refractivity (Wildman–Crippen MR) is 60.1 cm³/mol. The van der Waals surface area contributed by atoms with Gasteiger partial charge in [-0.15, -0.1) is 0 Å². The Kier molecular flexibility index (Phi) is 3.08. The highest BCUT2D eigenvalue weighted by Gasteiger charge is 2.33. The summed E-state index contributed by atoms with van der Waals surface area (Å²) in [6.45, 7) is 5.20. The summed E-state index contributed by atoms with van der Waals surface area (Å²) in [5.74, 6) is 1.04. The Bertz CT molecular complexity index is 359. The maximum Gasteiger partial charge on any atom is 0.225 e. The third-order valence-corrected chi connectivity index (χ3v) is 2.59. The van der Waals surface area contributed by atoms with Crippen molar-refractivity contribution in [2.45, 2.75) is 20.0 Å². The van der Waals surface area contributed by atoms with Crippen molar-refractivity contribution in [3.63, 3.8) is 0 Å². The van der Waals surface area contributed by atoms with Crippen LogP contribution in [0.3, 0.4) is 0 Å². The van der Waals surface area contributed by atoms with Crippen molar-refractivity contribution in [1.82, 2.24) is 9.88 Å². The molecule has 2 heterocycles. The number of ether oxygens (including phenoxy) is 1. The second-order valence-electron chi connectivity index (χ2n) is 4.33. The molecule has 1 aromatic rings. The summed E-state index contributed by atoms with van der Waals surface area (Å²) in [6, 6.07) is 3.71. The number of amides is 1. The van der Waals surface area contributed by atoms with E-state index in [-0.39, 0.29) is 17.9 Å². The van der Waals surface area contributed by atoms with Crippen molar-refractivity contribution in [1.29, 1.82) is 0 Å². The summed E-state index contributed by atoms with van der Waals surface area (Å²) in [5.41, 5.74) is 0. The molecule has 1 fully saturated rings. The molecule has 0 saturated carbocycles. The van der Waals surface area contributed by atoms with Crippen LogP contribution in [0.2, 0.25) is 0 Å². The molecule has 4 heteroatoms. The number of hydrogen-bond donors (Lipinski definition) is 0. The minimum atomic E-state index is 0.0688. The van der Waals surface area contributed by atoms with Gasteiger partial charge in [0.05, 0.1) is 19.3 Å². The van der Waals surface area contributed by atoms with Crippen LogP contribution in [0.4, 0.5) is 0 Å². The highest BCUT2D eigenvalue weighted by atomic mass is 16.5. The van der Waals surface area contributed by atoms with Crippen molar-refractivity contribution in [2.24, 2.45) is 5.92 Å². The van der Waals surface area contributed by atoms with E-state index < -0.39 is 0 Å². The number of likely N-dealkylation sites (tertiary alicyclic amines) is 1. The van der Waals surface area contributed by atoms with Crippen LogP contribution in [-0.4, -0.2) is 35.0 Å². The Balaban J connectivity index is 1.79. The SMILES string of the molecule is CC(C)C(=O)N1CC(Oc2cccnc2)C1. The van der Waals surface area contributed by atoms with Gasteiger partial charge in [0.1, 0.15) is 11.9 Å². The van der Waals surface area contributed by atoms with Gasteiger partial charge in [-0.05, 0) is 12.1 Å². The Morgan fingerprint density at radius 1 is 1.56 bits per heavy atom. The predicted octanol–water partition coefficient (Wildman–Crippen LogP) is 1.33. The van der Waals surface area contributed by atoms with Crippen LogP contribution in [0.1, 0.15) is 13.8 Å². The van der Waals surface area contributed by atoms with E-state index in [9.17, 15) is 4.79 Å². The number of aromatic nitrogens is 1. The zero-order valence-corrected chi connectivity index (χ0v) is 9.59. The highest BCUT2D eigenvalue weighted by Crippen LogP contribution is 2.18. The molecular formula is C12H16N2O2. The topological polar surface area (TPSA) is 42.4 Å². The second-order valence-corrected chi connectivity index (χ2v) is 4.33. The Labute approximate surface area is 95.2 Å². The first-order valence-electron chi connectivity index (χ1n) is 5.52. The monoisotopic (exact) mass is 220 g/mol. The first-order valence-corrected chi connectivity index (χ1v) is 5.52. The summed E-state index contributed by atoms with van der Waals surface area (Å²) in [7, 11) is 0. The van der Waals surface area contributed by atoms with Gasteiger partial charge in [0.25, 0.3) is 0 Å². The van der Waals surface area contributed by atoms with Crippen LogP contribution >= 0.6 is 0 Å². The largest absolute Gasteiger partial charge is 0.485 e. The number of pyridine rings is 1. The fourth-order valence-electron chi connectivity index (χ4n) is 1.67. The summed E-state index contributed by atoms with van der Waals surface area (Å²) in [4.78, 5) is 17.4. The second kappa shape index (κ2) is 4.51. The number of hydrogen-bond acceptors (Lipinski definition) is 3. The average molecular weight is 220 g/mol. The Morgan fingerprint density at radius 2 is 2.31 bits per heavy atom. The van der Waals surface area contributed by atoms with Crippen molar-refractivity contribution >= 4 is 5.91 Å². The van der Waals surface area contributed by atoms with Gasteiger partial charge in [-0.25, -0.2) is 0 Å². The quantitative estimate of drug-likeness (QED) is 0.771. The summed E-state index contributed by atoms with van der Waals surface area (Å²) in [6.07, 6.45) is 3.52. The maximum atomic E-state index is 11.6. The van der Waals surface area contributed by atoms with Gasteiger partial charge >= 0.3 is 0 Å². The van der Waals surface area contributed by atoms with Gasteiger partial charge in [-0.1, -0.05) is 13.8 Å². The molecule has 2 rings (SSSR count). The van der Waals surface area contributed by atoms with E-state index in [1.807, 2.05) is 30.9 Å². The van der Waals surface area contributed by atoms with Gasteiger partial charge in [0.2, 0.25) is 5.91 Å². The fourth-order valence-corrected chi connectivity index (χ4v) is 1.67. The minimum absolute atomic E-state index is 0.0688. The van der Waals surface area contributed by atoms with E-state index in [0.717, 1.165) is 5.75 Å². The molecule has 0 unspecified atom stereocenters. The number of nitrogens with zero attached hydrogens (tertiary/aromatic N) is 2. The smallest absolute Gasteiger partial charge is 0.225 e. The lowest BCUT2D eigenvalue weighted by molar-refractivity contribution is -0.143. The first-order chi connectivity index (χ1) is 7.66. The molecule has 0 radical (unpaired) electrons. The molecule has 1 aliphatic rings. The molecule has 0 spiro atoms. The van der Waals surface area contributed by atoms with E-state index in [1.165, 1.54) is 0 Å². The van der Waals surface area contributed by atoms with Crippen molar-refractivity contribution < 1.29 is 9.53 Å². The molecule has 16 heavy (non-hydrogen) atoms. The average Bonchev–Trinajstić information content (AvgIpc) is 2.23. The van der Waals surface area contributed by atoms with Crippen LogP contribution in [0.5, 0.6) is 5.75 Å². The summed E-state index contributed by atoms with van der Waals surface area (Å²) < 4.78 is 5.65. The van der Waals surface area contributed by atoms with E-state index >= 15 is 0 Å². The zero-order valence-electron chi connectivity index (χ0n) is 9.59. The number of carbonyl (C=O) groups excluding carboxylic acids is 1. The standard InChI is InChI=1S/C12H16N2O2/c1-9(2)12(15)14-7-11(8-14)16-10-4-3-5-13-6-10/h3-6,9,11H,7-8H2,1-2H3. The first kappa shape index (κ1) is 10.9. The molecule has 0 bridgehead atoms. The van der Waals surface area contributed by atoms with Gasteiger partial charge in [0, 0.05) is 12.1 Å². The lowest BCUT2D eigenvalue weighted by Crippen LogP contribution is -2.57. The minimum Gasteiger partial charge on any atom is -0.485 e. The van der Waals surface area contributed by atoms with Crippen LogP contribution in [0, 0.1) is 5.92 Å². The van der Waals surface area contributed by atoms with E-state index in [1.54, 1.807) is 12.4 Å². The van der Waals surface area contributed by atoms with E-state index in [2.05, 4.69) is 4.98 Å². The normalized spacial score (nSPS) is 16.1. The van der Waals surface area contributed by atoms with Gasteiger partial charge in [-0.3, -0.25) is 9.78 Å². The molecule has 4 nitrogen and oxygen atoms in total. The molecular weight excluding hydrogens is 204 g/mol. The van der Waals surface area contributed by atoms with Crippen LogP contribution in [0.15, 0.2) is 24.5 Å². The molecule has 1 aromatic heterocycles. The van der Waals surface area contributed by atoms with E-state index in [4.69, 9.17) is 4.74 Å². The fraction of sp³-hybridized carbons (Fsp3) is 0.500. The van der Waals surface area contributed by atoms with Crippen molar-refractivity contribution in [2.75, 3.05) is 13.1 Å². The van der Waals surface area contributed by atoms with Gasteiger partial charge in [0.15, 0.2) is 0 Å². The van der Waals surface area contributed by atoms with Gasteiger partial charge < -0.3 is 9.64 Å². The highest BCUT2D eigenvalue weighted by molar-refractivity contribution is 5.79.